The second kappa shape index (κ2) is 8.71. The summed E-state index contributed by atoms with van der Waals surface area (Å²) in [6, 6.07) is 17.9. The molecule has 30 heavy (non-hydrogen) atoms. The highest BCUT2D eigenvalue weighted by Crippen LogP contribution is 2.20. The molecule has 0 unspecified atom stereocenters. The third-order valence-electron chi connectivity index (χ3n) is 5.10. The summed E-state index contributed by atoms with van der Waals surface area (Å²) >= 11 is 3.45. The molecule has 1 amide bonds. The highest BCUT2D eigenvalue weighted by Gasteiger charge is 2.24. The van der Waals surface area contributed by atoms with Gasteiger partial charge in [-0.2, -0.15) is 4.68 Å². The van der Waals surface area contributed by atoms with Gasteiger partial charge in [0, 0.05) is 36.7 Å². The lowest BCUT2D eigenvalue weighted by Gasteiger charge is -2.35. The first kappa shape index (κ1) is 20.2. The van der Waals surface area contributed by atoms with Gasteiger partial charge in [-0.1, -0.05) is 12.1 Å². The van der Waals surface area contributed by atoms with Crippen molar-refractivity contribution < 1.29 is 9.53 Å². The van der Waals surface area contributed by atoms with E-state index in [1.807, 2.05) is 29.2 Å². The van der Waals surface area contributed by atoms with Gasteiger partial charge in [-0.15, -0.1) is 5.10 Å². The Morgan fingerprint density at radius 3 is 2.33 bits per heavy atom. The largest absolute Gasteiger partial charge is 0.497 e. The predicted octanol–water partition coefficient (Wildman–Crippen LogP) is 2.97. The number of halogens is 1. The van der Waals surface area contributed by atoms with Crippen molar-refractivity contribution in [2.24, 2.45) is 0 Å². The molecule has 154 valence electrons. The molecule has 0 bridgehead atoms. The zero-order valence-electron chi connectivity index (χ0n) is 16.5. The van der Waals surface area contributed by atoms with E-state index in [1.54, 1.807) is 37.4 Å². The molecule has 2 aromatic carbocycles. The van der Waals surface area contributed by atoms with E-state index in [0.717, 1.165) is 4.47 Å². The molecule has 2 heterocycles. The van der Waals surface area contributed by atoms with Crippen molar-refractivity contribution in [2.45, 2.75) is 0 Å². The molecule has 3 aromatic rings. The number of nitrogens with zero attached hydrogens (tertiary/aromatic N) is 4. The Kier molecular flexibility index (Phi) is 5.85. The number of piperazine rings is 1. The van der Waals surface area contributed by atoms with Gasteiger partial charge in [0.2, 0.25) is 0 Å². The van der Waals surface area contributed by atoms with Crippen molar-refractivity contribution in [3.8, 4) is 11.4 Å². The minimum absolute atomic E-state index is 0.0123. The molecule has 1 aliphatic heterocycles. The minimum atomic E-state index is -0.202. The van der Waals surface area contributed by atoms with Gasteiger partial charge in [-0.3, -0.25) is 9.59 Å². The van der Waals surface area contributed by atoms with Gasteiger partial charge >= 0.3 is 0 Å². The van der Waals surface area contributed by atoms with Crippen LogP contribution < -0.4 is 15.2 Å². The minimum Gasteiger partial charge on any atom is -0.497 e. The van der Waals surface area contributed by atoms with Gasteiger partial charge in [-0.25, -0.2) is 0 Å². The molecule has 1 aliphatic rings. The van der Waals surface area contributed by atoms with Crippen LogP contribution in [-0.4, -0.2) is 53.9 Å². The second-order valence-electron chi connectivity index (χ2n) is 6.90. The lowest BCUT2D eigenvalue weighted by atomic mass is 10.2. The number of hydrogen-bond donors (Lipinski definition) is 0. The zero-order chi connectivity index (χ0) is 21.1. The highest BCUT2D eigenvalue weighted by atomic mass is 79.9. The maximum Gasteiger partial charge on any atom is 0.271 e. The van der Waals surface area contributed by atoms with Crippen LogP contribution in [0.2, 0.25) is 0 Å². The third kappa shape index (κ3) is 4.09. The van der Waals surface area contributed by atoms with Crippen LogP contribution in [0.5, 0.6) is 5.75 Å². The number of anilines is 1. The SMILES string of the molecule is COc1ccc(-n2nc(N3CCN(C(=O)c4ccccc4Br)CC3)ccc2=O)cc1. The average molecular weight is 469 g/mol. The smallest absolute Gasteiger partial charge is 0.271 e. The van der Waals surface area contributed by atoms with Crippen LogP contribution in [0.3, 0.4) is 0 Å². The van der Waals surface area contributed by atoms with Crippen LogP contribution in [0.15, 0.2) is 69.9 Å². The lowest BCUT2D eigenvalue weighted by Crippen LogP contribution is -2.49. The van der Waals surface area contributed by atoms with Crippen molar-refractivity contribution in [1.29, 1.82) is 0 Å². The van der Waals surface area contributed by atoms with Gasteiger partial charge in [0.05, 0.1) is 18.4 Å². The molecule has 0 saturated carbocycles. The number of amides is 1. The summed E-state index contributed by atoms with van der Waals surface area (Å²) < 4.78 is 7.35. The summed E-state index contributed by atoms with van der Waals surface area (Å²) in [4.78, 5) is 29.1. The first-order valence-corrected chi connectivity index (χ1v) is 10.4. The second-order valence-corrected chi connectivity index (χ2v) is 7.75. The van der Waals surface area contributed by atoms with E-state index in [9.17, 15) is 9.59 Å². The van der Waals surface area contributed by atoms with E-state index < -0.39 is 0 Å². The van der Waals surface area contributed by atoms with E-state index in [2.05, 4.69) is 25.9 Å². The number of carbonyl (C=O) groups is 1. The molecular weight excluding hydrogens is 448 g/mol. The Balaban J connectivity index is 1.49. The van der Waals surface area contributed by atoms with Crippen molar-refractivity contribution in [3.05, 3.63) is 81.1 Å². The maximum absolute atomic E-state index is 12.8. The number of carbonyl (C=O) groups excluding carboxylic acids is 1. The fraction of sp³-hybridized carbons (Fsp3) is 0.227. The fourth-order valence-electron chi connectivity index (χ4n) is 3.42. The van der Waals surface area contributed by atoms with Crippen LogP contribution >= 0.6 is 15.9 Å². The molecule has 0 spiro atoms. The Labute approximate surface area is 182 Å². The summed E-state index contributed by atoms with van der Waals surface area (Å²) in [7, 11) is 1.60. The summed E-state index contributed by atoms with van der Waals surface area (Å²) in [6.07, 6.45) is 0. The number of aromatic nitrogens is 2. The maximum atomic E-state index is 12.8. The molecule has 1 saturated heterocycles. The zero-order valence-corrected chi connectivity index (χ0v) is 18.1. The molecule has 8 heteroatoms. The highest BCUT2D eigenvalue weighted by molar-refractivity contribution is 9.10. The third-order valence-corrected chi connectivity index (χ3v) is 5.79. The molecule has 0 aliphatic carbocycles. The number of ether oxygens (including phenoxy) is 1. The predicted molar refractivity (Wildman–Crippen MR) is 119 cm³/mol. The van der Waals surface area contributed by atoms with Crippen molar-refractivity contribution >= 4 is 27.7 Å². The van der Waals surface area contributed by atoms with E-state index in [1.165, 1.54) is 10.7 Å². The Hall–Kier alpha value is -3.13. The number of rotatable bonds is 4. The fourth-order valence-corrected chi connectivity index (χ4v) is 3.88. The average Bonchev–Trinajstić information content (AvgIpc) is 2.79. The first-order chi connectivity index (χ1) is 14.6. The summed E-state index contributed by atoms with van der Waals surface area (Å²) in [6.45, 7) is 2.46. The summed E-state index contributed by atoms with van der Waals surface area (Å²) in [5, 5.41) is 4.54. The van der Waals surface area contributed by atoms with Crippen molar-refractivity contribution in [3.63, 3.8) is 0 Å². The van der Waals surface area contributed by atoms with E-state index in [-0.39, 0.29) is 11.5 Å². The normalized spacial score (nSPS) is 13.9. The molecule has 4 rings (SSSR count). The van der Waals surface area contributed by atoms with Crippen molar-refractivity contribution in [1.82, 2.24) is 14.7 Å². The Morgan fingerprint density at radius 1 is 0.967 bits per heavy atom. The number of methoxy groups -OCH3 is 1. The molecule has 1 fully saturated rings. The van der Waals surface area contributed by atoms with Crippen molar-refractivity contribution in [2.75, 3.05) is 38.2 Å². The Morgan fingerprint density at radius 2 is 1.67 bits per heavy atom. The number of benzene rings is 2. The van der Waals surface area contributed by atoms with Crippen LogP contribution in [0.1, 0.15) is 10.4 Å². The van der Waals surface area contributed by atoms with Crippen LogP contribution in [0.25, 0.3) is 5.69 Å². The monoisotopic (exact) mass is 468 g/mol. The van der Waals surface area contributed by atoms with Gasteiger partial charge in [-0.05, 0) is 58.4 Å². The molecule has 1 aromatic heterocycles. The first-order valence-electron chi connectivity index (χ1n) is 9.60. The molecule has 0 radical (unpaired) electrons. The molecular formula is C22H21BrN4O3. The molecule has 0 N–H and O–H groups in total. The molecule has 0 atom stereocenters. The Bertz CT molecular complexity index is 1110. The topological polar surface area (TPSA) is 67.7 Å². The standard InChI is InChI=1S/C22H21BrN4O3/c1-30-17-8-6-16(7-9-17)27-21(28)11-10-20(24-27)25-12-14-26(15-13-25)22(29)18-4-2-3-5-19(18)23/h2-11H,12-15H2,1H3. The summed E-state index contributed by atoms with van der Waals surface area (Å²) in [5.41, 5.74) is 1.13. The van der Waals surface area contributed by atoms with E-state index in [0.29, 0.717) is 49.0 Å². The lowest BCUT2D eigenvalue weighted by molar-refractivity contribution is 0.0745. The number of hydrogen-bond acceptors (Lipinski definition) is 5. The van der Waals surface area contributed by atoms with Gasteiger partial charge in [0.1, 0.15) is 11.6 Å². The van der Waals surface area contributed by atoms with Gasteiger partial charge < -0.3 is 14.5 Å². The van der Waals surface area contributed by atoms with Crippen LogP contribution in [0.4, 0.5) is 5.82 Å². The molecule has 7 nitrogen and oxygen atoms in total. The quantitative estimate of drug-likeness (QED) is 0.588. The van der Waals surface area contributed by atoms with E-state index in [4.69, 9.17) is 4.74 Å². The van der Waals surface area contributed by atoms with Gasteiger partial charge in [0.25, 0.3) is 11.5 Å². The van der Waals surface area contributed by atoms with Crippen LogP contribution in [0, 0.1) is 0 Å². The summed E-state index contributed by atoms with van der Waals surface area (Å²) in [5.74, 6) is 1.44. The van der Waals surface area contributed by atoms with Gasteiger partial charge in [0.15, 0.2) is 0 Å². The van der Waals surface area contributed by atoms with E-state index >= 15 is 0 Å². The van der Waals surface area contributed by atoms with Crippen LogP contribution in [-0.2, 0) is 0 Å².